The summed E-state index contributed by atoms with van der Waals surface area (Å²) in [7, 11) is 0. The van der Waals surface area contributed by atoms with E-state index in [4.69, 9.17) is 0 Å². The molecule has 1 aromatic heterocycles. The SMILES string of the molecule is CCNc1ccc([N+](=O)[O-])c(NCC2(SC)CC2)n1. The molecule has 0 amide bonds. The van der Waals surface area contributed by atoms with Gasteiger partial charge in [0.15, 0.2) is 0 Å². The smallest absolute Gasteiger partial charge is 0.311 e. The Morgan fingerprint density at radius 3 is 2.74 bits per heavy atom. The fourth-order valence-corrected chi connectivity index (χ4v) is 2.57. The zero-order valence-corrected chi connectivity index (χ0v) is 11.9. The zero-order chi connectivity index (χ0) is 13.9. The Balaban J connectivity index is 2.15. The maximum atomic E-state index is 11.0. The van der Waals surface area contributed by atoms with Gasteiger partial charge in [0.2, 0.25) is 5.82 Å². The average molecular weight is 282 g/mol. The van der Waals surface area contributed by atoms with Gasteiger partial charge in [-0.3, -0.25) is 10.1 Å². The van der Waals surface area contributed by atoms with E-state index >= 15 is 0 Å². The first-order chi connectivity index (χ1) is 9.10. The first-order valence-electron chi connectivity index (χ1n) is 6.28. The lowest BCUT2D eigenvalue weighted by atomic mass is 10.3. The first-order valence-corrected chi connectivity index (χ1v) is 7.51. The van der Waals surface area contributed by atoms with Gasteiger partial charge in [0.05, 0.1) is 4.92 Å². The minimum absolute atomic E-state index is 0.0264. The number of nitro groups is 1. The quantitative estimate of drug-likeness (QED) is 0.591. The Hall–Kier alpha value is -1.50. The molecule has 6 nitrogen and oxygen atoms in total. The topological polar surface area (TPSA) is 80.1 Å². The van der Waals surface area contributed by atoms with Crippen molar-refractivity contribution in [2.75, 3.05) is 30.0 Å². The molecule has 2 rings (SSSR count). The monoisotopic (exact) mass is 282 g/mol. The second-order valence-electron chi connectivity index (χ2n) is 4.59. The van der Waals surface area contributed by atoms with E-state index in [0.29, 0.717) is 11.6 Å². The van der Waals surface area contributed by atoms with Crippen LogP contribution in [-0.4, -0.2) is 34.0 Å². The normalized spacial score (nSPS) is 15.9. The summed E-state index contributed by atoms with van der Waals surface area (Å²) in [5.74, 6) is 1.01. The number of aromatic nitrogens is 1. The highest BCUT2D eigenvalue weighted by molar-refractivity contribution is 8.00. The molecule has 0 bridgehead atoms. The van der Waals surface area contributed by atoms with Crippen molar-refractivity contribution in [3.05, 3.63) is 22.2 Å². The molecular weight excluding hydrogens is 264 g/mol. The van der Waals surface area contributed by atoms with Crippen molar-refractivity contribution in [2.24, 2.45) is 0 Å². The lowest BCUT2D eigenvalue weighted by molar-refractivity contribution is -0.384. The standard InChI is InChI=1S/C12H18N4O2S/c1-3-13-10-5-4-9(16(17)18)11(15-10)14-8-12(19-2)6-7-12/h4-5H,3,6-8H2,1-2H3,(H2,13,14,15). The van der Waals surface area contributed by atoms with E-state index in [1.54, 1.807) is 6.07 Å². The molecule has 0 saturated heterocycles. The second-order valence-corrected chi connectivity index (χ2v) is 5.87. The van der Waals surface area contributed by atoms with Crippen LogP contribution < -0.4 is 10.6 Å². The molecule has 0 radical (unpaired) electrons. The molecule has 104 valence electrons. The summed E-state index contributed by atoms with van der Waals surface area (Å²) < 4.78 is 0.240. The van der Waals surface area contributed by atoms with Crippen LogP contribution in [-0.2, 0) is 0 Å². The molecule has 19 heavy (non-hydrogen) atoms. The van der Waals surface area contributed by atoms with Crippen LogP contribution in [0.25, 0.3) is 0 Å². The Kier molecular flexibility index (Phi) is 4.14. The number of hydrogen-bond donors (Lipinski definition) is 2. The molecule has 1 aliphatic rings. The summed E-state index contributed by atoms with van der Waals surface area (Å²) in [6, 6.07) is 3.13. The fourth-order valence-electron chi connectivity index (χ4n) is 1.85. The number of anilines is 2. The van der Waals surface area contributed by atoms with Gasteiger partial charge in [0.1, 0.15) is 5.82 Å². The van der Waals surface area contributed by atoms with Crippen molar-refractivity contribution >= 4 is 29.1 Å². The van der Waals surface area contributed by atoms with E-state index in [0.717, 1.165) is 25.9 Å². The van der Waals surface area contributed by atoms with E-state index in [-0.39, 0.29) is 10.4 Å². The van der Waals surface area contributed by atoms with Gasteiger partial charge in [-0.25, -0.2) is 4.98 Å². The maximum absolute atomic E-state index is 11.0. The molecule has 7 heteroatoms. The lowest BCUT2D eigenvalue weighted by Gasteiger charge is -2.14. The van der Waals surface area contributed by atoms with Crippen LogP contribution >= 0.6 is 11.8 Å². The van der Waals surface area contributed by atoms with E-state index in [9.17, 15) is 10.1 Å². The van der Waals surface area contributed by atoms with Crippen LogP contribution in [0.1, 0.15) is 19.8 Å². The van der Waals surface area contributed by atoms with Crippen molar-refractivity contribution in [3.63, 3.8) is 0 Å². The van der Waals surface area contributed by atoms with Crippen LogP contribution in [0.4, 0.5) is 17.3 Å². The number of thioether (sulfide) groups is 1. The Bertz CT molecular complexity index is 477. The largest absolute Gasteiger partial charge is 0.370 e. The minimum Gasteiger partial charge on any atom is -0.370 e. The molecule has 0 unspecified atom stereocenters. The van der Waals surface area contributed by atoms with Gasteiger partial charge in [-0.05, 0) is 32.1 Å². The molecule has 1 aliphatic carbocycles. The molecule has 0 atom stereocenters. The number of nitrogens with one attached hydrogen (secondary N) is 2. The highest BCUT2D eigenvalue weighted by Crippen LogP contribution is 2.47. The third-order valence-corrected chi connectivity index (χ3v) is 4.67. The lowest BCUT2D eigenvalue weighted by Crippen LogP contribution is -2.19. The molecule has 1 heterocycles. The van der Waals surface area contributed by atoms with Gasteiger partial charge >= 0.3 is 5.69 Å². The van der Waals surface area contributed by atoms with Gasteiger partial charge in [-0.1, -0.05) is 0 Å². The highest BCUT2D eigenvalue weighted by atomic mass is 32.2. The second kappa shape index (κ2) is 5.64. The Labute approximate surface area is 116 Å². The molecule has 1 saturated carbocycles. The van der Waals surface area contributed by atoms with Gasteiger partial charge in [-0.2, -0.15) is 11.8 Å². The van der Waals surface area contributed by atoms with Crippen molar-refractivity contribution in [2.45, 2.75) is 24.5 Å². The first kappa shape index (κ1) is 13.9. The van der Waals surface area contributed by atoms with E-state index in [1.165, 1.54) is 6.07 Å². The molecule has 1 fully saturated rings. The molecule has 0 aromatic carbocycles. The summed E-state index contributed by atoms with van der Waals surface area (Å²) in [5, 5.41) is 17.2. The van der Waals surface area contributed by atoms with Gasteiger partial charge < -0.3 is 10.6 Å². The number of pyridine rings is 1. The number of nitrogens with zero attached hydrogens (tertiary/aromatic N) is 2. The Morgan fingerprint density at radius 2 is 2.21 bits per heavy atom. The Morgan fingerprint density at radius 1 is 1.47 bits per heavy atom. The van der Waals surface area contributed by atoms with Crippen molar-refractivity contribution in [3.8, 4) is 0 Å². The third-order valence-electron chi connectivity index (χ3n) is 3.25. The number of hydrogen-bond acceptors (Lipinski definition) is 6. The van der Waals surface area contributed by atoms with Gasteiger partial charge in [0, 0.05) is 23.9 Å². The van der Waals surface area contributed by atoms with Crippen LogP contribution in [0.15, 0.2) is 12.1 Å². The van der Waals surface area contributed by atoms with Crippen molar-refractivity contribution in [1.29, 1.82) is 0 Å². The third kappa shape index (κ3) is 3.28. The van der Waals surface area contributed by atoms with Crippen LogP contribution in [0, 0.1) is 10.1 Å². The van der Waals surface area contributed by atoms with Crippen molar-refractivity contribution < 1.29 is 4.92 Å². The predicted molar refractivity (Wildman–Crippen MR) is 79.0 cm³/mol. The summed E-state index contributed by atoms with van der Waals surface area (Å²) in [5.41, 5.74) is 0.0264. The molecule has 2 N–H and O–H groups in total. The summed E-state index contributed by atoms with van der Waals surface area (Å²) >= 11 is 1.81. The van der Waals surface area contributed by atoms with Crippen LogP contribution in [0.5, 0.6) is 0 Å². The minimum atomic E-state index is -0.399. The van der Waals surface area contributed by atoms with Gasteiger partial charge in [0.25, 0.3) is 0 Å². The molecule has 1 aromatic rings. The molecular formula is C12H18N4O2S. The zero-order valence-electron chi connectivity index (χ0n) is 11.1. The van der Waals surface area contributed by atoms with E-state index in [2.05, 4.69) is 21.9 Å². The summed E-state index contributed by atoms with van der Waals surface area (Å²) in [4.78, 5) is 14.9. The highest BCUT2D eigenvalue weighted by Gasteiger charge is 2.42. The summed E-state index contributed by atoms with van der Waals surface area (Å²) in [6.45, 7) is 3.42. The molecule has 0 aliphatic heterocycles. The van der Waals surface area contributed by atoms with Crippen LogP contribution in [0.3, 0.4) is 0 Å². The maximum Gasteiger partial charge on any atom is 0.311 e. The van der Waals surface area contributed by atoms with Gasteiger partial charge in [-0.15, -0.1) is 0 Å². The fraction of sp³-hybridized carbons (Fsp3) is 0.583. The average Bonchev–Trinajstić information content (AvgIpc) is 3.17. The van der Waals surface area contributed by atoms with Crippen molar-refractivity contribution in [1.82, 2.24) is 4.98 Å². The number of rotatable bonds is 7. The van der Waals surface area contributed by atoms with E-state index in [1.807, 2.05) is 18.7 Å². The predicted octanol–water partition coefficient (Wildman–Crippen LogP) is 2.73. The van der Waals surface area contributed by atoms with E-state index < -0.39 is 4.92 Å². The van der Waals surface area contributed by atoms with Crippen LogP contribution in [0.2, 0.25) is 0 Å². The molecule has 0 spiro atoms. The summed E-state index contributed by atoms with van der Waals surface area (Å²) in [6.07, 6.45) is 4.38.